The van der Waals surface area contributed by atoms with Gasteiger partial charge in [-0.05, 0) is 36.1 Å². The number of anilines is 1. The molecule has 3 nitrogen and oxygen atoms in total. The maximum absolute atomic E-state index is 5.82. The van der Waals surface area contributed by atoms with Crippen LogP contribution >= 0.6 is 11.3 Å². The predicted molar refractivity (Wildman–Crippen MR) is 81.5 cm³/mol. The highest BCUT2D eigenvalue weighted by Gasteiger charge is 2.16. The molecule has 0 aliphatic rings. The van der Waals surface area contributed by atoms with Crippen molar-refractivity contribution in [1.82, 2.24) is 9.55 Å². The van der Waals surface area contributed by atoms with Crippen LogP contribution in [0.5, 0.6) is 0 Å². The minimum atomic E-state index is 0.374. The van der Waals surface area contributed by atoms with Crippen LogP contribution in [-0.2, 0) is 0 Å². The summed E-state index contributed by atoms with van der Waals surface area (Å²) in [6.45, 7) is 2.22. The van der Waals surface area contributed by atoms with E-state index in [1.54, 1.807) is 0 Å². The molecule has 3 aromatic rings. The van der Waals surface area contributed by atoms with Gasteiger partial charge in [0.25, 0.3) is 0 Å². The summed E-state index contributed by atoms with van der Waals surface area (Å²) in [6.07, 6.45) is 4.21. The summed E-state index contributed by atoms with van der Waals surface area (Å²) < 4.78 is 2.27. The highest BCUT2D eigenvalue weighted by Crippen LogP contribution is 2.30. The minimum absolute atomic E-state index is 0.374. The highest BCUT2D eigenvalue weighted by atomic mass is 32.1. The van der Waals surface area contributed by atoms with E-state index < -0.39 is 0 Å². The second kappa shape index (κ2) is 5.05. The third-order valence-electron chi connectivity index (χ3n) is 3.37. The van der Waals surface area contributed by atoms with Crippen LogP contribution in [0.25, 0.3) is 11.0 Å². The molecule has 0 aliphatic carbocycles. The largest absolute Gasteiger partial charge is 0.399 e. The molecule has 0 aliphatic heterocycles. The summed E-state index contributed by atoms with van der Waals surface area (Å²) in [5.74, 6) is 0. The van der Waals surface area contributed by atoms with Gasteiger partial charge in [-0.3, -0.25) is 0 Å². The zero-order valence-electron chi connectivity index (χ0n) is 10.9. The van der Waals surface area contributed by atoms with Gasteiger partial charge in [0.05, 0.1) is 23.4 Å². The Morgan fingerprint density at radius 2 is 2.26 bits per heavy atom. The smallest absolute Gasteiger partial charge is 0.0964 e. The quantitative estimate of drug-likeness (QED) is 0.727. The molecule has 4 heteroatoms. The third kappa shape index (κ3) is 2.24. The Morgan fingerprint density at radius 3 is 3.00 bits per heavy atom. The van der Waals surface area contributed by atoms with Crippen LogP contribution in [0.4, 0.5) is 5.69 Å². The van der Waals surface area contributed by atoms with E-state index in [9.17, 15) is 0 Å². The molecular weight excluding hydrogens is 254 g/mol. The number of imidazole rings is 1. The van der Waals surface area contributed by atoms with Gasteiger partial charge in [-0.2, -0.15) is 0 Å². The maximum Gasteiger partial charge on any atom is 0.0964 e. The predicted octanol–water partition coefficient (Wildman–Crippen LogP) is 4.07. The standard InChI is InChI=1S/C15H17N3S/c1-2-4-14(15-5-3-8-19-15)18-10-17-12-9-11(16)6-7-13(12)18/h3,5-10,14H,2,4,16H2,1H3. The normalized spacial score (nSPS) is 12.9. The Hall–Kier alpha value is -1.81. The number of fused-ring (bicyclic) bond motifs is 1. The van der Waals surface area contributed by atoms with E-state index in [-0.39, 0.29) is 0 Å². The van der Waals surface area contributed by atoms with Crippen LogP contribution in [-0.4, -0.2) is 9.55 Å². The number of hydrogen-bond donors (Lipinski definition) is 1. The Balaban J connectivity index is 2.10. The third-order valence-corrected chi connectivity index (χ3v) is 4.34. The van der Waals surface area contributed by atoms with E-state index >= 15 is 0 Å². The zero-order chi connectivity index (χ0) is 13.2. The fourth-order valence-electron chi connectivity index (χ4n) is 2.47. The SMILES string of the molecule is CCCC(c1cccs1)n1cnc2cc(N)ccc21. The molecule has 19 heavy (non-hydrogen) atoms. The fourth-order valence-corrected chi connectivity index (χ4v) is 3.33. The summed E-state index contributed by atoms with van der Waals surface area (Å²) in [5, 5.41) is 2.13. The van der Waals surface area contributed by atoms with Crippen molar-refractivity contribution in [2.45, 2.75) is 25.8 Å². The Labute approximate surface area is 116 Å². The molecule has 0 saturated heterocycles. The molecule has 0 fully saturated rings. The van der Waals surface area contributed by atoms with Crippen LogP contribution in [0.2, 0.25) is 0 Å². The van der Waals surface area contributed by atoms with Crippen LogP contribution in [0.15, 0.2) is 42.0 Å². The summed E-state index contributed by atoms with van der Waals surface area (Å²) in [6, 6.07) is 10.6. The van der Waals surface area contributed by atoms with Crippen molar-refractivity contribution in [3.8, 4) is 0 Å². The molecule has 0 radical (unpaired) electrons. The summed E-state index contributed by atoms with van der Waals surface area (Å²) in [5.41, 5.74) is 8.70. The zero-order valence-corrected chi connectivity index (χ0v) is 11.7. The Bertz CT molecular complexity index is 670. The lowest BCUT2D eigenvalue weighted by Crippen LogP contribution is -2.07. The number of rotatable bonds is 4. The molecule has 0 amide bonds. The molecule has 2 heterocycles. The highest BCUT2D eigenvalue weighted by molar-refractivity contribution is 7.10. The molecule has 3 rings (SSSR count). The minimum Gasteiger partial charge on any atom is -0.399 e. The van der Waals surface area contributed by atoms with Crippen molar-refractivity contribution in [1.29, 1.82) is 0 Å². The van der Waals surface area contributed by atoms with Crippen LogP contribution < -0.4 is 5.73 Å². The van der Waals surface area contributed by atoms with Crippen molar-refractivity contribution < 1.29 is 0 Å². The van der Waals surface area contributed by atoms with E-state index in [0.717, 1.165) is 29.6 Å². The molecule has 2 N–H and O–H groups in total. The first kappa shape index (κ1) is 12.2. The van der Waals surface area contributed by atoms with Gasteiger partial charge in [0, 0.05) is 10.6 Å². The van der Waals surface area contributed by atoms with Gasteiger partial charge in [0.1, 0.15) is 0 Å². The first-order valence-corrected chi connectivity index (χ1v) is 7.43. The molecule has 2 aromatic heterocycles. The van der Waals surface area contributed by atoms with E-state index in [2.05, 4.69) is 40.1 Å². The average Bonchev–Trinajstić information content (AvgIpc) is 3.05. The molecular formula is C15H17N3S. The number of nitrogen functional groups attached to an aromatic ring is 1. The maximum atomic E-state index is 5.82. The van der Waals surface area contributed by atoms with Gasteiger partial charge >= 0.3 is 0 Å². The molecule has 1 atom stereocenters. The van der Waals surface area contributed by atoms with Crippen molar-refractivity contribution in [2.24, 2.45) is 0 Å². The van der Waals surface area contributed by atoms with E-state index in [1.165, 1.54) is 4.88 Å². The topological polar surface area (TPSA) is 43.8 Å². The lowest BCUT2D eigenvalue weighted by atomic mass is 10.1. The van der Waals surface area contributed by atoms with Gasteiger partial charge in [-0.25, -0.2) is 4.98 Å². The van der Waals surface area contributed by atoms with E-state index in [0.29, 0.717) is 6.04 Å². The number of benzene rings is 1. The summed E-state index contributed by atoms with van der Waals surface area (Å²) >= 11 is 1.81. The molecule has 1 unspecified atom stereocenters. The lowest BCUT2D eigenvalue weighted by molar-refractivity contribution is 0.553. The first-order chi connectivity index (χ1) is 9.29. The number of nitrogens with two attached hydrogens (primary N) is 1. The number of hydrogen-bond acceptors (Lipinski definition) is 3. The van der Waals surface area contributed by atoms with E-state index in [4.69, 9.17) is 5.73 Å². The van der Waals surface area contributed by atoms with Gasteiger partial charge in [0.2, 0.25) is 0 Å². The monoisotopic (exact) mass is 271 g/mol. The lowest BCUT2D eigenvalue weighted by Gasteiger charge is -2.17. The second-order valence-corrected chi connectivity index (χ2v) is 5.70. The van der Waals surface area contributed by atoms with Gasteiger partial charge < -0.3 is 10.3 Å². The van der Waals surface area contributed by atoms with Crippen LogP contribution in [0, 0.1) is 0 Å². The van der Waals surface area contributed by atoms with Crippen molar-refractivity contribution in [2.75, 3.05) is 5.73 Å². The van der Waals surface area contributed by atoms with Gasteiger partial charge in [-0.15, -0.1) is 11.3 Å². The fraction of sp³-hybridized carbons (Fsp3) is 0.267. The molecule has 0 bridgehead atoms. The van der Waals surface area contributed by atoms with Gasteiger partial charge in [0.15, 0.2) is 0 Å². The Kier molecular flexibility index (Phi) is 3.25. The second-order valence-electron chi connectivity index (χ2n) is 4.72. The Morgan fingerprint density at radius 1 is 1.37 bits per heavy atom. The van der Waals surface area contributed by atoms with Crippen LogP contribution in [0.1, 0.15) is 30.7 Å². The summed E-state index contributed by atoms with van der Waals surface area (Å²) in [7, 11) is 0. The molecule has 98 valence electrons. The van der Waals surface area contributed by atoms with Crippen molar-refractivity contribution in [3.05, 3.63) is 46.9 Å². The van der Waals surface area contributed by atoms with Crippen LogP contribution in [0.3, 0.4) is 0 Å². The molecule has 0 spiro atoms. The van der Waals surface area contributed by atoms with Crippen molar-refractivity contribution in [3.63, 3.8) is 0 Å². The molecule has 1 aromatic carbocycles. The first-order valence-electron chi connectivity index (χ1n) is 6.55. The summed E-state index contributed by atoms with van der Waals surface area (Å²) in [4.78, 5) is 5.87. The van der Waals surface area contributed by atoms with Gasteiger partial charge in [-0.1, -0.05) is 19.4 Å². The number of nitrogens with zero attached hydrogens (tertiary/aromatic N) is 2. The van der Waals surface area contributed by atoms with Crippen molar-refractivity contribution >= 4 is 28.1 Å². The molecule has 0 saturated carbocycles. The van der Waals surface area contributed by atoms with E-state index in [1.807, 2.05) is 29.8 Å². The number of thiophene rings is 1. The number of aromatic nitrogens is 2. The average molecular weight is 271 g/mol.